The van der Waals surface area contributed by atoms with Crippen molar-refractivity contribution in [3.63, 3.8) is 0 Å². The predicted molar refractivity (Wildman–Crippen MR) is 76.4 cm³/mol. The topological polar surface area (TPSA) is 50.4 Å². The van der Waals surface area contributed by atoms with E-state index in [9.17, 15) is 4.79 Å². The highest BCUT2D eigenvalue weighted by atomic mass is 16.5. The maximum Gasteiger partial charge on any atom is 0.238 e. The van der Waals surface area contributed by atoms with Gasteiger partial charge in [-0.05, 0) is 31.4 Å². The second kappa shape index (κ2) is 6.95. The molecule has 0 radical (unpaired) electrons. The van der Waals surface area contributed by atoms with Gasteiger partial charge in [0, 0.05) is 6.04 Å². The van der Waals surface area contributed by atoms with Gasteiger partial charge in [-0.15, -0.1) is 0 Å². The van der Waals surface area contributed by atoms with E-state index in [2.05, 4.69) is 22.8 Å². The fourth-order valence-electron chi connectivity index (χ4n) is 2.16. The molecule has 2 rings (SSSR count). The molecule has 1 unspecified atom stereocenters. The number of amides is 1. The lowest BCUT2D eigenvalue weighted by atomic mass is 10.0. The summed E-state index contributed by atoms with van der Waals surface area (Å²) in [4.78, 5) is 11.9. The summed E-state index contributed by atoms with van der Waals surface area (Å²) in [6.45, 7) is 0.330. The van der Waals surface area contributed by atoms with Gasteiger partial charge in [-0.25, -0.2) is 0 Å². The van der Waals surface area contributed by atoms with Gasteiger partial charge in [-0.1, -0.05) is 24.3 Å². The number of carbonyl (C=O) groups is 1. The molecule has 2 N–H and O–H groups in total. The Balaban J connectivity index is 1.82. The van der Waals surface area contributed by atoms with E-state index >= 15 is 0 Å². The van der Waals surface area contributed by atoms with E-state index in [1.807, 2.05) is 24.3 Å². The molecule has 1 atom stereocenters. The maximum atomic E-state index is 11.9. The van der Waals surface area contributed by atoms with Crippen molar-refractivity contribution in [3.8, 4) is 5.75 Å². The molecule has 0 bridgehead atoms. The summed E-state index contributed by atoms with van der Waals surface area (Å²) < 4.78 is 5.20. The Kier molecular flexibility index (Phi) is 4.98. The van der Waals surface area contributed by atoms with E-state index in [1.165, 1.54) is 0 Å². The Morgan fingerprint density at radius 2 is 2.21 bits per heavy atom. The Bertz CT molecular complexity index is 457. The van der Waals surface area contributed by atoms with Crippen molar-refractivity contribution in [2.24, 2.45) is 0 Å². The molecule has 0 aromatic heterocycles. The van der Waals surface area contributed by atoms with Crippen LogP contribution in [0.4, 0.5) is 5.69 Å². The molecule has 0 spiro atoms. The number of benzene rings is 1. The van der Waals surface area contributed by atoms with Crippen LogP contribution in [-0.4, -0.2) is 25.6 Å². The van der Waals surface area contributed by atoms with Crippen LogP contribution in [0.2, 0.25) is 0 Å². The third-order valence-corrected chi connectivity index (χ3v) is 3.20. The molecule has 0 heterocycles. The first-order chi connectivity index (χ1) is 9.29. The largest absolute Gasteiger partial charge is 0.495 e. The highest BCUT2D eigenvalue weighted by Gasteiger charge is 2.12. The normalized spacial score (nSPS) is 18.1. The number of ether oxygens (including phenoxy) is 1. The van der Waals surface area contributed by atoms with Crippen LogP contribution in [0.3, 0.4) is 0 Å². The highest BCUT2D eigenvalue weighted by molar-refractivity contribution is 5.93. The lowest BCUT2D eigenvalue weighted by molar-refractivity contribution is -0.115. The van der Waals surface area contributed by atoms with Gasteiger partial charge < -0.3 is 15.4 Å². The Morgan fingerprint density at radius 3 is 2.95 bits per heavy atom. The molecule has 19 heavy (non-hydrogen) atoms. The molecule has 4 heteroatoms. The van der Waals surface area contributed by atoms with E-state index < -0.39 is 0 Å². The summed E-state index contributed by atoms with van der Waals surface area (Å²) in [6.07, 6.45) is 7.54. The van der Waals surface area contributed by atoms with Crippen molar-refractivity contribution in [1.29, 1.82) is 0 Å². The molecule has 4 nitrogen and oxygen atoms in total. The van der Waals surface area contributed by atoms with Crippen LogP contribution in [-0.2, 0) is 4.79 Å². The van der Waals surface area contributed by atoms with E-state index in [0.717, 1.165) is 19.3 Å². The van der Waals surface area contributed by atoms with Crippen LogP contribution in [0.15, 0.2) is 36.4 Å². The molecule has 1 amide bonds. The van der Waals surface area contributed by atoms with Gasteiger partial charge in [-0.2, -0.15) is 0 Å². The number of para-hydroxylation sites is 2. The number of carbonyl (C=O) groups excluding carboxylic acids is 1. The van der Waals surface area contributed by atoms with E-state index in [4.69, 9.17) is 4.74 Å². The minimum Gasteiger partial charge on any atom is -0.495 e. The Morgan fingerprint density at radius 1 is 1.37 bits per heavy atom. The first-order valence-corrected chi connectivity index (χ1v) is 6.61. The molecule has 1 aliphatic carbocycles. The SMILES string of the molecule is COc1ccccc1NC(=O)CNC1CC=CCC1. The van der Waals surface area contributed by atoms with Crippen molar-refractivity contribution in [2.45, 2.75) is 25.3 Å². The molecule has 1 aromatic carbocycles. The third kappa shape index (κ3) is 4.10. The van der Waals surface area contributed by atoms with Gasteiger partial charge in [0.2, 0.25) is 5.91 Å². The molecular formula is C15H20N2O2. The molecule has 0 fully saturated rings. The van der Waals surface area contributed by atoms with Crippen LogP contribution in [0, 0.1) is 0 Å². The zero-order valence-corrected chi connectivity index (χ0v) is 11.2. The molecule has 1 aliphatic rings. The van der Waals surface area contributed by atoms with Gasteiger partial charge in [0.05, 0.1) is 19.3 Å². The van der Waals surface area contributed by atoms with Crippen molar-refractivity contribution in [2.75, 3.05) is 19.0 Å². The predicted octanol–water partition coefficient (Wildman–Crippen LogP) is 2.33. The van der Waals surface area contributed by atoms with Crippen LogP contribution < -0.4 is 15.4 Å². The lowest BCUT2D eigenvalue weighted by Crippen LogP contribution is -2.36. The molecule has 0 saturated heterocycles. The smallest absolute Gasteiger partial charge is 0.238 e. The summed E-state index contributed by atoms with van der Waals surface area (Å²) >= 11 is 0. The number of rotatable bonds is 5. The summed E-state index contributed by atoms with van der Waals surface area (Å²) in [5.74, 6) is 0.635. The minimum absolute atomic E-state index is 0.0425. The molecular weight excluding hydrogens is 240 g/mol. The van der Waals surface area contributed by atoms with E-state index in [0.29, 0.717) is 24.0 Å². The van der Waals surface area contributed by atoms with Gasteiger partial charge in [-0.3, -0.25) is 4.79 Å². The fourth-order valence-corrected chi connectivity index (χ4v) is 2.16. The summed E-state index contributed by atoms with van der Waals surface area (Å²) in [7, 11) is 1.59. The first-order valence-electron chi connectivity index (χ1n) is 6.61. The average Bonchev–Trinajstić information content (AvgIpc) is 2.47. The Labute approximate surface area is 113 Å². The first kappa shape index (κ1) is 13.6. The van der Waals surface area contributed by atoms with Crippen LogP contribution in [0.1, 0.15) is 19.3 Å². The Hall–Kier alpha value is -1.81. The zero-order valence-electron chi connectivity index (χ0n) is 11.2. The number of methoxy groups -OCH3 is 1. The van der Waals surface area contributed by atoms with Crippen LogP contribution >= 0.6 is 0 Å². The van der Waals surface area contributed by atoms with Gasteiger partial charge in [0.1, 0.15) is 5.75 Å². The van der Waals surface area contributed by atoms with Gasteiger partial charge >= 0.3 is 0 Å². The number of hydrogen-bond acceptors (Lipinski definition) is 3. The van der Waals surface area contributed by atoms with Crippen molar-refractivity contribution < 1.29 is 9.53 Å². The fraction of sp³-hybridized carbons (Fsp3) is 0.400. The standard InChI is InChI=1S/C15H20N2O2/c1-19-14-10-6-5-9-13(14)17-15(18)11-16-12-7-3-2-4-8-12/h2-3,5-6,9-10,12,16H,4,7-8,11H2,1H3,(H,17,18). The highest BCUT2D eigenvalue weighted by Crippen LogP contribution is 2.22. The maximum absolute atomic E-state index is 11.9. The molecule has 0 aliphatic heterocycles. The van der Waals surface area contributed by atoms with Crippen LogP contribution in [0.25, 0.3) is 0 Å². The van der Waals surface area contributed by atoms with Gasteiger partial charge in [0.15, 0.2) is 0 Å². The van der Waals surface area contributed by atoms with E-state index in [-0.39, 0.29) is 5.91 Å². The number of allylic oxidation sites excluding steroid dienone is 1. The summed E-state index contributed by atoms with van der Waals surface area (Å²) in [6, 6.07) is 7.82. The third-order valence-electron chi connectivity index (χ3n) is 3.20. The number of hydrogen-bond donors (Lipinski definition) is 2. The molecule has 0 saturated carbocycles. The van der Waals surface area contributed by atoms with Crippen molar-refractivity contribution >= 4 is 11.6 Å². The van der Waals surface area contributed by atoms with Crippen LogP contribution in [0.5, 0.6) is 5.75 Å². The molecule has 1 aromatic rings. The number of nitrogens with one attached hydrogen (secondary N) is 2. The minimum atomic E-state index is -0.0425. The average molecular weight is 260 g/mol. The zero-order chi connectivity index (χ0) is 13.5. The van der Waals surface area contributed by atoms with Gasteiger partial charge in [0.25, 0.3) is 0 Å². The monoisotopic (exact) mass is 260 g/mol. The second-order valence-electron chi connectivity index (χ2n) is 4.61. The van der Waals surface area contributed by atoms with E-state index in [1.54, 1.807) is 7.11 Å². The molecule has 102 valence electrons. The summed E-state index contributed by atoms with van der Waals surface area (Å²) in [5.41, 5.74) is 0.709. The second-order valence-corrected chi connectivity index (χ2v) is 4.61. The van der Waals surface area contributed by atoms with Crippen molar-refractivity contribution in [3.05, 3.63) is 36.4 Å². The van der Waals surface area contributed by atoms with Crippen molar-refractivity contribution in [1.82, 2.24) is 5.32 Å². The number of anilines is 1. The lowest BCUT2D eigenvalue weighted by Gasteiger charge is -2.19. The quantitative estimate of drug-likeness (QED) is 0.799. The summed E-state index contributed by atoms with van der Waals surface area (Å²) in [5, 5.41) is 6.13.